The second kappa shape index (κ2) is 11.6. The highest BCUT2D eigenvalue weighted by molar-refractivity contribution is 6.00. The molecule has 2 aromatic carbocycles. The zero-order valence-corrected chi connectivity index (χ0v) is 21.8. The quantitative estimate of drug-likeness (QED) is 0.432. The van der Waals surface area contributed by atoms with E-state index in [0.717, 1.165) is 5.56 Å². The predicted molar refractivity (Wildman–Crippen MR) is 147 cm³/mol. The number of carboxylic acids is 1. The van der Waals surface area contributed by atoms with Gasteiger partial charge in [-0.3, -0.25) is 0 Å². The SMILES string of the molecule is C[C@@H]1COCCN1c1nc(-c2ccc(NC(=O)Nc3ccc(C(=O)O)cc3)cc2)nc(N2CCOC[C@@H]2C)n1. The number of urea groups is 1. The van der Waals surface area contributed by atoms with Crippen molar-refractivity contribution >= 4 is 35.3 Å². The molecule has 39 heavy (non-hydrogen) atoms. The standard InChI is InChI=1S/C27H31N7O5/c1-17-15-38-13-11-33(17)25-30-23(31-26(32-25)34-12-14-39-16-18(34)2)19-3-7-21(8-4-19)28-27(37)29-22-9-5-20(6-10-22)24(35)36/h3-10,17-18H,11-16H2,1-2H3,(H,35,36)(H2,28,29,37)/t17-,18+. The van der Waals surface area contributed by atoms with Crippen LogP contribution in [0.5, 0.6) is 0 Å². The Morgan fingerprint density at radius 3 is 1.74 bits per heavy atom. The molecule has 3 aromatic rings. The fourth-order valence-electron chi connectivity index (χ4n) is 4.48. The Kier molecular flexibility index (Phi) is 7.84. The first-order valence-electron chi connectivity index (χ1n) is 12.8. The molecule has 5 rings (SSSR count). The van der Waals surface area contributed by atoms with E-state index in [4.69, 9.17) is 29.5 Å². The summed E-state index contributed by atoms with van der Waals surface area (Å²) in [6, 6.07) is 13.0. The molecule has 204 valence electrons. The number of hydrogen-bond donors (Lipinski definition) is 3. The van der Waals surface area contributed by atoms with Crippen molar-refractivity contribution in [2.24, 2.45) is 0 Å². The number of hydrogen-bond acceptors (Lipinski definition) is 9. The predicted octanol–water partition coefficient (Wildman–Crippen LogP) is 3.33. The lowest BCUT2D eigenvalue weighted by molar-refractivity contribution is 0.0697. The normalized spacial score (nSPS) is 19.4. The van der Waals surface area contributed by atoms with Gasteiger partial charge in [0, 0.05) is 30.0 Å². The molecule has 2 amide bonds. The number of rotatable bonds is 6. The third-order valence-corrected chi connectivity index (χ3v) is 6.65. The Labute approximate surface area is 226 Å². The van der Waals surface area contributed by atoms with Crippen molar-refractivity contribution in [3.8, 4) is 11.4 Å². The molecule has 12 nitrogen and oxygen atoms in total. The largest absolute Gasteiger partial charge is 0.478 e. The van der Waals surface area contributed by atoms with Crippen LogP contribution in [-0.2, 0) is 9.47 Å². The molecule has 0 radical (unpaired) electrons. The van der Waals surface area contributed by atoms with Gasteiger partial charge in [0.25, 0.3) is 0 Å². The lowest BCUT2D eigenvalue weighted by Crippen LogP contribution is -2.46. The molecule has 1 aromatic heterocycles. The van der Waals surface area contributed by atoms with E-state index in [2.05, 4.69) is 34.3 Å². The maximum absolute atomic E-state index is 12.5. The van der Waals surface area contributed by atoms with Gasteiger partial charge in [0.2, 0.25) is 11.9 Å². The number of aromatic nitrogens is 3. The maximum atomic E-state index is 12.5. The van der Waals surface area contributed by atoms with Gasteiger partial charge in [0.15, 0.2) is 5.82 Å². The number of nitrogens with zero attached hydrogens (tertiary/aromatic N) is 5. The van der Waals surface area contributed by atoms with Gasteiger partial charge in [0.05, 0.1) is 44.1 Å². The van der Waals surface area contributed by atoms with Crippen molar-refractivity contribution in [2.45, 2.75) is 25.9 Å². The zero-order chi connectivity index (χ0) is 27.4. The molecule has 3 heterocycles. The summed E-state index contributed by atoms with van der Waals surface area (Å²) in [5.41, 5.74) is 2.00. The lowest BCUT2D eigenvalue weighted by Gasteiger charge is -2.36. The van der Waals surface area contributed by atoms with E-state index in [1.165, 1.54) is 24.3 Å². The van der Waals surface area contributed by atoms with E-state index in [-0.39, 0.29) is 17.6 Å². The molecule has 2 fully saturated rings. The van der Waals surface area contributed by atoms with Crippen LogP contribution in [0.4, 0.5) is 28.1 Å². The Hall–Kier alpha value is -4.29. The molecule has 0 saturated carbocycles. The molecule has 2 aliphatic rings. The topological polar surface area (TPSA) is 142 Å². The number of ether oxygens (including phenoxy) is 2. The Morgan fingerprint density at radius 1 is 0.795 bits per heavy atom. The van der Waals surface area contributed by atoms with E-state index in [9.17, 15) is 9.59 Å². The van der Waals surface area contributed by atoms with Crippen molar-refractivity contribution in [2.75, 3.05) is 60.0 Å². The van der Waals surface area contributed by atoms with E-state index in [1.807, 2.05) is 12.1 Å². The summed E-state index contributed by atoms with van der Waals surface area (Å²) < 4.78 is 11.2. The van der Waals surface area contributed by atoms with Crippen molar-refractivity contribution in [3.63, 3.8) is 0 Å². The highest BCUT2D eigenvalue weighted by Gasteiger charge is 2.27. The van der Waals surface area contributed by atoms with Crippen molar-refractivity contribution < 1.29 is 24.2 Å². The molecule has 2 saturated heterocycles. The van der Waals surface area contributed by atoms with Gasteiger partial charge in [-0.2, -0.15) is 15.0 Å². The molecule has 0 spiro atoms. The third kappa shape index (κ3) is 6.24. The van der Waals surface area contributed by atoms with Crippen LogP contribution < -0.4 is 20.4 Å². The average Bonchev–Trinajstić information content (AvgIpc) is 2.94. The number of anilines is 4. The third-order valence-electron chi connectivity index (χ3n) is 6.65. The highest BCUT2D eigenvalue weighted by Crippen LogP contribution is 2.26. The minimum absolute atomic E-state index is 0.134. The minimum atomic E-state index is -1.03. The van der Waals surface area contributed by atoms with Crippen LogP contribution in [0.15, 0.2) is 48.5 Å². The second-order valence-corrected chi connectivity index (χ2v) is 9.53. The Bertz CT molecular complexity index is 1280. The van der Waals surface area contributed by atoms with E-state index >= 15 is 0 Å². The summed E-state index contributed by atoms with van der Waals surface area (Å²) >= 11 is 0. The zero-order valence-electron chi connectivity index (χ0n) is 21.8. The van der Waals surface area contributed by atoms with E-state index in [0.29, 0.717) is 68.6 Å². The fourth-order valence-corrected chi connectivity index (χ4v) is 4.48. The first-order valence-corrected chi connectivity index (χ1v) is 12.8. The molecule has 2 aliphatic heterocycles. The molecule has 2 atom stereocenters. The number of aromatic carboxylic acids is 1. The molecule has 12 heteroatoms. The van der Waals surface area contributed by atoms with Crippen LogP contribution in [0.25, 0.3) is 11.4 Å². The summed E-state index contributed by atoms with van der Waals surface area (Å²) in [7, 11) is 0. The first kappa shape index (κ1) is 26.3. The van der Waals surface area contributed by atoms with E-state index in [1.54, 1.807) is 12.1 Å². The minimum Gasteiger partial charge on any atom is -0.478 e. The summed E-state index contributed by atoms with van der Waals surface area (Å²) in [6.45, 7) is 8.01. The van der Waals surface area contributed by atoms with Crippen LogP contribution in [0.3, 0.4) is 0 Å². The molecular weight excluding hydrogens is 502 g/mol. The van der Waals surface area contributed by atoms with Crippen LogP contribution in [0.1, 0.15) is 24.2 Å². The smallest absolute Gasteiger partial charge is 0.335 e. The molecule has 3 N–H and O–H groups in total. The summed E-state index contributed by atoms with van der Waals surface area (Å²) in [4.78, 5) is 42.2. The highest BCUT2D eigenvalue weighted by atomic mass is 16.5. The molecular formula is C27H31N7O5. The van der Waals surface area contributed by atoms with Crippen molar-refractivity contribution in [1.82, 2.24) is 15.0 Å². The van der Waals surface area contributed by atoms with Crippen molar-refractivity contribution in [3.05, 3.63) is 54.1 Å². The maximum Gasteiger partial charge on any atom is 0.335 e. The number of carbonyl (C=O) groups excluding carboxylic acids is 1. The number of nitrogens with one attached hydrogen (secondary N) is 2. The average molecular weight is 534 g/mol. The van der Waals surface area contributed by atoms with Gasteiger partial charge in [-0.1, -0.05) is 0 Å². The fraction of sp³-hybridized carbons (Fsp3) is 0.370. The van der Waals surface area contributed by atoms with Crippen LogP contribution in [0.2, 0.25) is 0 Å². The van der Waals surface area contributed by atoms with Crippen LogP contribution >= 0.6 is 0 Å². The first-order chi connectivity index (χ1) is 18.9. The van der Waals surface area contributed by atoms with Gasteiger partial charge in [-0.15, -0.1) is 0 Å². The number of benzene rings is 2. The summed E-state index contributed by atoms with van der Waals surface area (Å²) in [5, 5.41) is 14.5. The number of morpholine rings is 2. The summed E-state index contributed by atoms with van der Waals surface area (Å²) in [6.07, 6.45) is 0. The molecule has 0 bridgehead atoms. The lowest BCUT2D eigenvalue weighted by atomic mass is 10.2. The molecule has 0 unspecified atom stereocenters. The van der Waals surface area contributed by atoms with Crippen LogP contribution in [0, 0.1) is 0 Å². The van der Waals surface area contributed by atoms with Gasteiger partial charge in [-0.05, 0) is 62.4 Å². The monoisotopic (exact) mass is 533 g/mol. The van der Waals surface area contributed by atoms with Gasteiger partial charge in [0.1, 0.15) is 0 Å². The Morgan fingerprint density at radius 2 is 1.28 bits per heavy atom. The molecule has 0 aliphatic carbocycles. The van der Waals surface area contributed by atoms with Crippen molar-refractivity contribution in [1.29, 1.82) is 0 Å². The number of carbonyl (C=O) groups is 2. The van der Waals surface area contributed by atoms with Gasteiger partial charge >= 0.3 is 12.0 Å². The van der Waals surface area contributed by atoms with Gasteiger partial charge < -0.3 is 35.0 Å². The van der Waals surface area contributed by atoms with E-state index < -0.39 is 12.0 Å². The second-order valence-electron chi connectivity index (χ2n) is 9.53. The Balaban J connectivity index is 1.35. The number of carboxylic acid groups (broad SMARTS) is 1. The summed E-state index contributed by atoms with van der Waals surface area (Å²) in [5.74, 6) is 0.740. The number of amides is 2. The van der Waals surface area contributed by atoms with Crippen LogP contribution in [-0.4, -0.2) is 83.7 Å². The van der Waals surface area contributed by atoms with Gasteiger partial charge in [-0.25, -0.2) is 9.59 Å².